The molecule has 1 atom stereocenters. The number of nitrogens with zero attached hydrogens (tertiary/aromatic N) is 2. The van der Waals surface area contributed by atoms with Crippen molar-refractivity contribution in [3.05, 3.63) is 51.8 Å². The molecule has 1 aromatic heterocycles. The van der Waals surface area contributed by atoms with E-state index in [-0.39, 0.29) is 17.5 Å². The zero-order valence-corrected chi connectivity index (χ0v) is 17.9. The van der Waals surface area contributed by atoms with Crippen LogP contribution in [0.1, 0.15) is 42.5 Å². The van der Waals surface area contributed by atoms with Crippen molar-refractivity contribution in [2.75, 3.05) is 5.32 Å². The van der Waals surface area contributed by atoms with Gasteiger partial charge in [0.05, 0.1) is 32.3 Å². The van der Waals surface area contributed by atoms with E-state index in [4.69, 9.17) is 23.2 Å². The Bertz CT molecular complexity index is 1150. The second kappa shape index (κ2) is 7.13. The fraction of sp³-hybridized carbons (Fsp3) is 0.364. The van der Waals surface area contributed by atoms with Crippen LogP contribution in [0.5, 0.6) is 0 Å². The van der Waals surface area contributed by atoms with Crippen molar-refractivity contribution >= 4 is 51.8 Å². The number of aryl methyl sites for hydroxylation is 1. The first-order valence-electron chi connectivity index (χ1n) is 10.0. The summed E-state index contributed by atoms with van der Waals surface area (Å²) in [5.74, 6) is -0.501. The van der Waals surface area contributed by atoms with Gasteiger partial charge in [-0.15, -0.1) is 0 Å². The number of halogens is 3. The lowest BCUT2D eigenvalue weighted by Gasteiger charge is -2.13. The number of nitrogens with one attached hydrogen (secondary N) is 2. The summed E-state index contributed by atoms with van der Waals surface area (Å²) in [6.45, 7) is 0. The highest BCUT2D eigenvalue weighted by Gasteiger charge is 2.48. The average molecular weight is 447 g/mol. The average Bonchev–Trinajstić information content (AvgIpc) is 3.25. The number of amides is 1. The number of rotatable bonds is 4. The number of para-hydroxylation sites is 1. The van der Waals surface area contributed by atoms with Crippen LogP contribution in [0.25, 0.3) is 11.0 Å². The van der Waals surface area contributed by atoms with Gasteiger partial charge < -0.3 is 15.2 Å². The van der Waals surface area contributed by atoms with Crippen LogP contribution in [0, 0.1) is 11.2 Å². The summed E-state index contributed by atoms with van der Waals surface area (Å²) in [5.41, 5.74) is 2.06. The van der Waals surface area contributed by atoms with Crippen LogP contribution >= 0.6 is 23.2 Å². The third-order valence-corrected chi connectivity index (χ3v) is 7.04. The molecule has 1 heterocycles. The highest BCUT2D eigenvalue weighted by Crippen LogP contribution is 2.57. The summed E-state index contributed by atoms with van der Waals surface area (Å²) in [7, 11) is 1.76. The maximum absolute atomic E-state index is 14.8. The normalized spacial score (nSPS) is 19.4. The third kappa shape index (κ3) is 3.42. The maximum Gasteiger partial charge on any atom is 0.254 e. The van der Waals surface area contributed by atoms with Gasteiger partial charge in [-0.2, -0.15) is 0 Å². The second-order valence-corrected chi connectivity index (χ2v) is 9.26. The first-order chi connectivity index (χ1) is 14.3. The number of benzene rings is 2. The molecule has 5 rings (SSSR count). The van der Waals surface area contributed by atoms with Gasteiger partial charge in [-0.05, 0) is 55.7 Å². The number of hydrogen-bond acceptors (Lipinski definition) is 3. The Balaban J connectivity index is 1.43. The fourth-order valence-corrected chi connectivity index (χ4v) is 4.94. The Hall–Kier alpha value is -2.31. The monoisotopic (exact) mass is 446 g/mol. The van der Waals surface area contributed by atoms with E-state index in [2.05, 4.69) is 15.6 Å². The van der Waals surface area contributed by atoms with Gasteiger partial charge in [0, 0.05) is 19.2 Å². The molecule has 2 aromatic carbocycles. The molecule has 1 spiro atoms. The minimum absolute atomic E-state index is 0.0136. The minimum atomic E-state index is -0.565. The summed E-state index contributed by atoms with van der Waals surface area (Å²) in [6, 6.07) is 8.15. The minimum Gasteiger partial charge on any atom is -0.349 e. The maximum atomic E-state index is 14.8. The molecule has 3 aromatic rings. The molecular formula is C22H21Cl2FN4O. The molecule has 2 fully saturated rings. The number of aromatic nitrogens is 2. The van der Waals surface area contributed by atoms with E-state index in [9.17, 15) is 9.18 Å². The molecule has 5 nitrogen and oxygen atoms in total. The van der Waals surface area contributed by atoms with E-state index in [1.54, 1.807) is 29.8 Å². The number of carbonyl (C=O) groups excluding carboxylic acids is 1. The van der Waals surface area contributed by atoms with Gasteiger partial charge in [0.25, 0.3) is 5.91 Å². The molecule has 1 amide bonds. The molecule has 2 aliphatic rings. The smallest absolute Gasteiger partial charge is 0.254 e. The van der Waals surface area contributed by atoms with E-state index in [1.807, 2.05) is 0 Å². The number of hydrogen-bond donors (Lipinski definition) is 2. The fourth-order valence-electron chi connectivity index (χ4n) is 4.45. The third-order valence-electron chi connectivity index (χ3n) is 6.41. The van der Waals surface area contributed by atoms with Crippen LogP contribution in [0.4, 0.5) is 16.0 Å². The van der Waals surface area contributed by atoms with E-state index >= 15 is 0 Å². The second-order valence-electron chi connectivity index (χ2n) is 8.45. The van der Waals surface area contributed by atoms with Crippen LogP contribution in [-0.2, 0) is 7.05 Å². The first kappa shape index (κ1) is 19.6. The standard InChI is InChI=1S/C22H21Cl2FN4O/c1-29-18-10-16(25)13(20(30)26-12-5-6-22(11-12)7-8-22)9-17(18)27-21(29)28-19-14(23)3-2-4-15(19)24/h2-4,9-10,12H,5-8,11H2,1H3,(H,26,30)(H,27,28). The summed E-state index contributed by atoms with van der Waals surface area (Å²) in [6.07, 6.45) is 5.61. The van der Waals surface area contributed by atoms with E-state index in [1.165, 1.54) is 25.0 Å². The van der Waals surface area contributed by atoms with Crippen molar-refractivity contribution < 1.29 is 9.18 Å². The van der Waals surface area contributed by atoms with Crippen molar-refractivity contribution in [3.63, 3.8) is 0 Å². The summed E-state index contributed by atoms with van der Waals surface area (Å²) in [4.78, 5) is 17.3. The van der Waals surface area contributed by atoms with Gasteiger partial charge in [0.15, 0.2) is 0 Å². The lowest BCUT2D eigenvalue weighted by molar-refractivity contribution is 0.0933. The summed E-state index contributed by atoms with van der Waals surface area (Å²) < 4.78 is 16.5. The van der Waals surface area contributed by atoms with Crippen LogP contribution in [0.3, 0.4) is 0 Å². The molecule has 156 valence electrons. The zero-order chi connectivity index (χ0) is 21.0. The Kier molecular flexibility index (Phi) is 4.67. The van der Waals surface area contributed by atoms with Crippen molar-refractivity contribution in [1.82, 2.24) is 14.9 Å². The number of imidazole rings is 1. The number of carbonyl (C=O) groups is 1. The summed E-state index contributed by atoms with van der Waals surface area (Å²) in [5, 5.41) is 7.01. The Morgan fingerprint density at radius 1 is 1.23 bits per heavy atom. The lowest BCUT2D eigenvalue weighted by Crippen LogP contribution is -2.33. The highest BCUT2D eigenvalue weighted by molar-refractivity contribution is 6.39. The molecule has 2 N–H and O–H groups in total. The van der Waals surface area contributed by atoms with Gasteiger partial charge in [0.1, 0.15) is 5.82 Å². The molecule has 0 bridgehead atoms. The summed E-state index contributed by atoms with van der Waals surface area (Å²) >= 11 is 12.5. The number of anilines is 2. The van der Waals surface area contributed by atoms with E-state index in [0.29, 0.717) is 38.1 Å². The molecular weight excluding hydrogens is 426 g/mol. The first-order valence-corrected chi connectivity index (χ1v) is 10.8. The van der Waals surface area contributed by atoms with Gasteiger partial charge in [-0.25, -0.2) is 9.37 Å². The largest absolute Gasteiger partial charge is 0.349 e. The van der Waals surface area contributed by atoms with Crippen molar-refractivity contribution in [2.45, 2.75) is 38.1 Å². The van der Waals surface area contributed by atoms with Crippen LogP contribution in [0.15, 0.2) is 30.3 Å². The molecule has 8 heteroatoms. The van der Waals surface area contributed by atoms with Crippen molar-refractivity contribution in [2.24, 2.45) is 12.5 Å². The molecule has 0 saturated heterocycles. The van der Waals surface area contributed by atoms with Gasteiger partial charge in [0.2, 0.25) is 5.95 Å². The van der Waals surface area contributed by atoms with Gasteiger partial charge >= 0.3 is 0 Å². The van der Waals surface area contributed by atoms with Crippen molar-refractivity contribution in [1.29, 1.82) is 0 Å². The Morgan fingerprint density at radius 3 is 2.63 bits per heavy atom. The predicted octanol–water partition coefficient (Wildman–Crippen LogP) is 5.83. The number of fused-ring (bicyclic) bond motifs is 1. The SMILES string of the molecule is Cn1c(Nc2c(Cl)cccc2Cl)nc2cc(C(=O)NC3CCC4(CC4)C3)c(F)cc21. The van der Waals surface area contributed by atoms with Crippen molar-refractivity contribution in [3.8, 4) is 0 Å². The topological polar surface area (TPSA) is 59.0 Å². The molecule has 2 saturated carbocycles. The quantitative estimate of drug-likeness (QED) is 0.530. The van der Waals surface area contributed by atoms with Gasteiger partial charge in [-0.1, -0.05) is 29.3 Å². The lowest BCUT2D eigenvalue weighted by atomic mass is 10.1. The molecule has 0 aliphatic heterocycles. The van der Waals surface area contributed by atoms with Crippen LogP contribution < -0.4 is 10.6 Å². The molecule has 2 aliphatic carbocycles. The van der Waals surface area contributed by atoms with Crippen LogP contribution in [-0.4, -0.2) is 21.5 Å². The Labute approximate surface area is 183 Å². The molecule has 30 heavy (non-hydrogen) atoms. The van der Waals surface area contributed by atoms with E-state index < -0.39 is 5.82 Å². The molecule has 1 unspecified atom stereocenters. The van der Waals surface area contributed by atoms with Crippen LogP contribution in [0.2, 0.25) is 10.0 Å². The Morgan fingerprint density at radius 2 is 1.97 bits per heavy atom. The van der Waals surface area contributed by atoms with E-state index in [0.717, 1.165) is 19.3 Å². The van der Waals surface area contributed by atoms with Gasteiger partial charge in [-0.3, -0.25) is 4.79 Å². The molecule has 0 radical (unpaired) electrons. The highest BCUT2D eigenvalue weighted by atomic mass is 35.5. The zero-order valence-electron chi connectivity index (χ0n) is 16.4. The predicted molar refractivity (Wildman–Crippen MR) is 117 cm³/mol.